The molecular formula is C22H31N7O. The lowest BCUT2D eigenvalue weighted by molar-refractivity contribution is -0.122. The zero-order chi connectivity index (χ0) is 21.2. The number of amides is 1. The molecule has 3 heterocycles. The fourth-order valence-electron chi connectivity index (χ4n) is 3.60. The average Bonchev–Trinajstić information content (AvgIpc) is 2.78. The normalized spacial score (nSPS) is 16.9. The third kappa shape index (κ3) is 6.17. The van der Waals surface area contributed by atoms with E-state index < -0.39 is 0 Å². The first kappa shape index (κ1) is 21.5. The Hall–Kier alpha value is -3.16. The Morgan fingerprint density at radius 3 is 2.87 bits per heavy atom. The van der Waals surface area contributed by atoms with Gasteiger partial charge in [-0.15, -0.1) is 0 Å². The summed E-state index contributed by atoms with van der Waals surface area (Å²) < 4.78 is 0. The summed E-state index contributed by atoms with van der Waals surface area (Å²) in [6, 6.07) is 9.89. The summed E-state index contributed by atoms with van der Waals surface area (Å²) in [5, 5.41) is 6.65. The number of nitrogens with two attached hydrogens (primary N) is 1. The monoisotopic (exact) mass is 409 g/mol. The fourth-order valence-corrected chi connectivity index (χ4v) is 3.60. The van der Waals surface area contributed by atoms with Crippen LogP contribution in [0.25, 0.3) is 0 Å². The van der Waals surface area contributed by atoms with E-state index in [-0.39, 0.29) is 11.8 Å². The van der Waals surface area contributed by atoms with E-state index >= 15 is 0 Å². The molecule has 2 aromatic rings. The van der Waals surface area contributed by atoms with E-state index in [1.807, 2.05) is 43.5 Å². The number of anilines is 1. The van der Waals surface area contributed by atoms with Crippen molar-refractivity contribution >= 4 is 17.7 Å². The van der Waals surface area contributed by atoms with E-state index in [0.29, 0.717) is 13.1 Å². The highest BCUT2D eigenvalue weighted by molar-refractivity contribution is 5.80. The van der Waals surface area contributed by atoms with E-state index in [2.05, 4.69) is 25.5 Å². The number of pyridine rings is 2. The van der Waals surface area contributed by atoms with E-state index in [0.717, 1.165) is 61.9 Å². The van der Waals surface area contributed by atoms with Gasteiger partial charge in [-0.25, -0.2) is 9.98 Å². The number of aliphatic imine (C=N–C) groups is 1. The highest BCUT2D eigenvalue weighted by Gasteiger charge is 2.25. The zero-order valence-electron chi connectivity index (χ0n) is 17.6. The molecule has 1 unspecified atom stereocenters. The largest absolute Gasteiger partial charge is 0.369 e. The second kappa shape index (κ2) is 11.1. The predicted octanol–water partition coefficient (Wildman–Crippen LogP) is 1.48. The number of primary amides is 1. The lowest BCUT2D eigenvalue weighted by atomic mass is 9.97. The Morgan fingerprint density at radius 2 is 2.10 bits per heavy atom. The van der Waals surface area contributed by atoms with Gasteiger partial charge in [-0.2, -0.15) is 0 Å². The van der Waals surface area contributed by atoms with Crippen LogP contribution in [-0.4, -0.2) is 48.0 Å². The average molecular weight is 410 g/mol. The van der Waals surface area contributed by atoms with Gasteiger partial charge in [0.05, 0.1) is 12.5 Å². The van der Waals surface area contributed by atoms with Gasteiger partial charge in [0, 0.05) is 56.3 Å². The van der Waals surface area contributed by atoms with Crippen molar-refractivity contribution in [3.05, 3.63) is 54.0 Å². The number of aromatic nitrogens is 2. The minimum atomic E-state index is -0.235. The van der Waals surface area contributed by atoms with Crippen LogP contribution in [-0.2, 0) is 17.8 Å². The van der Waals surface area contributed by atoms with Crippen molar-refractivity contribution in [3.63, 3.8) is 0 Å². The standard InChI is InChI=1S/C22H31N7O/c1-2-24-22(27-13-10-19-9-3-4-11-25-19)28-15-17-7-5-12-26-21(17)29-14-6-8-18(16-29)20(23)30/h3-5,7,9,11-12,18H,2,6,8,10,13-16H2,1H3,(H2,23,30)(H2,24,27,28). The van der Waals surface area contributed by atoms with Gasteiger partial charge in [0.15, 0.2) is 5.96 Å². The zero-order valence-corrected chi connectivity index (χ0v) is 17.6. The molecule has 0 saturated carbocycles. The number of nitrogens with zero attached hydrogens (tertiary/aromatic N) is 4. The maximum absolute atomic E-state index is 11.6. The van der Waals surface area contributed by atoms with Gasteiger partial charge in [-0.05, 0) is 38.0 Å². The van der Waals surface area contributed by atoms with Gasteiger partial charge in [0.25, 0.3) is 0 Å². The molecule has 0 bridgehead atoms. The second-order valence-electron chi connectivity index (χ2n) is 7.37. The minimum Gasteiger partial charge on any atom is -0.369 e. The van der Waals surface area contributed by atoms with Crippen LogP contribution in [0.5, 0.6) is 0 Å². The highest BCUT2D eigenvalue weighted by Crippen LogP contribution is 2.24. The van der Waals surface area contributed by atoms with Gasteiger partial charge in [0.2, 0.25) is 5.91 Å². The molecule has 1 amide bonds. The highest BCUT2D eigenvalue weighted by atomic mass is 16.1. The molecule has 0 spiro atoms. The van der Waals surface area contributed by atoms with E-state index in [4.69, 9.17) is 10.7 Å². The molecule has 2 aromatic heterocycles. The maximum atomic E-state index is 11.6. The molecule has 0 radical (unpaired) electrons. The summed E-state index contributed by atoms with van der Waals surface area (Å²) in [7, 11) is 0. The van der Waals surface area contributed by atoms with Gasteiger partial charge >= 0.3 is 0 Å². The minimum absolute atomic E-state index is 0.123. The molecule has 0 aromatic carbocycles. The van der Waals surface area contributed by atoms with Crippen molar-refractivity contribution in [1.82, 2.24) is 20.6 Å². The molecule has 4 N–H and O–H groups in total. The summed E-state index contributed by atoms with van der Waals surface area (Å²) in [6.07, 6.45) is 6.20. The summed E-state index contributed by atoms with van der Waals surface area (Å²) in [5.41, 5.74) is 7.61. The number of carbonyl (C=O) groups is 1. The van der Waals surface area contributed by atoms with E-state index in [9.17, 15) is 4.79 Å². The summed E-state index contributed by atoms with van der Waals surface area (Å²) >= 11 is 0. The van der Waals surface area contributed by atoms with Crippen molar-refractivity contribution in [2.45, 2.75) is 32.7 Å². The summed E-state index contributed by atoms with van der Waals surface area (Å²) in [6.45, 7) is 5.56. The summed E-state index contributed by atoms with van der Waals surface area (Å²) in [4.78, 5) is 27.5. The number of piperidine rings is 1. The first-order valence-corrected chi connectivity index (χ1v) is 10.6. The van der Waals surface area contributed by atoms with Crippen LogP contribution in [0, 0.1) is 5.92 Å². The van der Waals surface area contributed by atoms with E-state index in [1.165, 1.54) is 0 Å². The van der Waals surface area contributed by atoms with Gasteiger partial charge < -0.3 is 21.3 Å². The smallest absolute Gasteiger partial charge is 0.222 e. The Kier molecular flexibility index (Phi) is 8.00. The predicted molar refractivity (Wildman–Crippen MR) is 119 cm³/mol. The van der Waals surface area contributed by atoms with Crippen LogP contribution in [0.15, 0.2) is 47.7 Å². The molecule has 1 aliphatic rings. The fraction of sp³-hybridized carbons (Fsp3) is 0.455. The topological polar surface area (TPSA) is 109 Å². The Labute approximate surface area is 178 Å². The molecule has 1 atom stereocenters. The molecular weight excluding hydrogens is 378 g/mol. The molecule has 0 aliphatic carbocycles. The Bertz CT molecular complexity index is 840. The van der Waals surface area contributed by atoms with Gasteiger partial charge in [0.1, 0.15) is 5.82 Å². The quantitative estimate of drug-likeness (QED) is 0.450. The Balaban J connectivity index is 1.64. The van der Waals surface area contributed by atoms with Crippen LogP contribution >= 0.6 is 0 Å². The summed E-state index contributed by atoms with van der Waals surface area (Å²) in [5.74, 6) is 1.29. The molecule has 1 fully saturated rings. The van der Waals surface area contributed by atoms with E-state index in [1.54, 1.807) is 6.20 Å². The van der Waals surface area contributed by atoms with Crippen molar-refractivity contribution in [3.8, 4) is 0 Å². The Morgan fingerprint density at radius 1 is 1.23 bits per heavy atom. The number of carbonyl (C=O) groups excluding carboxylic acids is 1. The maximum Gasteiger partial charge on any atom is 0.222 e. The lowest BCUT2D eigenvalue weighted by Crippen LogP contribution is -2.42. The SMILES string of the molecule is CCNC(=NCc1cccnc1N1CCCC(C(N)=O)C1)NCCc1ccccn1. The number of hydrogen-bond acceptors (Lipinski definition) is 5. The van der Waals surface area contributed by atoms with Crippen molar-refractivity contribution in [1.29, 1.82) is 0 Å². The number of hydrogen-bond donors (Lipinski definition) is 3. The number of nitrogens with one attached hydrogen (secondary N) is 2. The van der Waals surface area contributed by atoms with Gasteiger partial charge in [-0.3, -0.25) is 9.78 Å². The molecule has 8 heteroatoms. The third-order valence-electron chi connectivity index (χ3n) is 5.14. The second-order valence-corrected chi connectivity index (χ2v) is 7.37. The van der Waals surface area contributed by atoms with Crippen LogP contribution < -0.4 is 21.3 Å². The lowest BCUT2D eigenvalue weighted by Gasteiger charge is -2.33. The molecule has 1 saturated heterocycles. The molecule has 1 aliphatic heterocycles. The molecule has 8 nitrogen and oxygen atoms in total. The molecule has 3 rings (SSSR count). The van der Waals surface area contributed by atoms with Crippen molar-refractivity contribution in [2.75, 3.05) is 31.1 Å². The third-order valence-corrected chi connectivity index (χ3v) is 5.14. The first-order valence-electron chi connectivity index (χ1n) is 10.6. The van der Waals surface area contributed by atoms with Crippen LogP contribution in [0.1, 0.15) is 31.0 Å². The first-order chi connectivity index (χ1) is 14.7. The molecule has 160 valence electrons. The number of rotatable bonds is 8. The van der Waals surface area contributed by atoms with Crippen molar-refractivity contribution in [2.24, 2.45) is 16.6 Å². The van der Waals surface area contributed by atoms with Crippen molar-refractivity contribution < 1.29 is 4.79 Å². The van der Waals surface area contributed by atoms with Crippen LogP contribution in [0.2, 0.25) is 0 Å². The number of guanidine groups is 1. The molecule has 30 heavy (non-hydrogen) atoms. The van der Waals surface area contributed by atoms with Gasteiger partial charge in [-0.1, -0.05) is 12.1 Å². The van der Waals surface area contributed by atoms with Crippen LogP contribution in [0.4, 0.5) is 5.82 Å². The van der Waals surface area contributed by atoms with Crippen LogP contribution in [0.3, 0.4) is 0 Å².